The lowest BCUT2D eigenvalue weighted by molar-refractivity contribution is 0.300. The Hall–Kier alpha value is -2.36. The molecule has 0 aliphatic heterocycles. The van der Waals surface area contributed by atoms with Crippen LogP contribution in [0, 0.1) is 0 Å². The van der Waals surface area contributed by atoms with E-state index < -0.39 is 10.0 Å². The van der Waals surface area contributed by atoms with Crippen LogP contribution in [0.3, 0.4) is 0 Å². The minimum absolute atomic E-state index is 0.0204. The van der Waals surface area contributed by atoms with Crippen LogP contribution in [0.2, 0.25) is 10.0 Å². The average Bonchev–Trinajstić information content (AvgIpc) is 2.70. The van der Waals surface area contributed by atoms with Crippen LogP contribution in [0.25, 0.3) is 0 Å². The Labute approximate surface area is 179 Å². The summed E-state index contributed by atoms with van der Waals surface area (Å²) in [5.41, 5.74) is 1.68. The quantitative estimate of drug-likeness (QED) is 0.417. The monoisotopic (exact) mass is 450 g/mol. The standard InChI is InChI=1S/C18H17BCl2N4O3S/c19-15-11-23-17(25-29(26,27)14-7-1-6-13(20)16(14)21)18(24-15)28-9-3-5-12-4-2-8-22-10-12/h1-2,4,6-8,10-11H,3,5,9,19H2,(H,23,25). The predicted octanol–water partition coefficient (Wildman–Crippen LogP) is 2.25. The maximum Gasteiger partial charge on any atom is 0.264 e. The molecule has 150 valence electrons. The molecule has 2 heterocycles. The number of hydrogen-bond acceptors (Lipinski definition) is 6. The lowest BCUT2D eigenvalue weighted by Crippen LogP contribution is -2.19. The molecule has 11 heteroatoms. The highest BCUT2D eigenvalue weighted by molar-refractivity contribution is 7.92. The van der Waals surface area contributed by atoms with Crippen LogP contribution in [0.5, 0.6) is 5.88 Å². The summed E-state index contributed by atoms with van der Waals surface area (Å²) in [5.74, 6) is 0.0749. The summed E-state index contributed by atoms with van der Waals surface area (Å²) < 4.78 is 33.6. The maximum atomic E-state index is 12.7. The third-order valence-corrected chi connectivity index (χ3v) is 6.18. The number of halogens is 2. The molecule has 0 saturated carbocycles. The van der Waals surface area contributed by atoms with Crippen LogP contribution >= 0.6 is 23.2 Å². The Morgan fingerprint density at radius 1 is 1.14 bits per heavy atom. The van der Waals surface area contributed by atoms with Gasteiger partial charge >= 0.3 is 0 Å². The Morgan fingerprint density at radius 3 is 2.72 bits per heavy atom. The average molecular weight is 451 g/mol. The summed E-state index contributed by atoms with van der Waals surface area (Å²) in [6.45, 7) is 0.333. The zero-order valence-electron chi connectivity index (χ0n) is 15.5. The molecule has 0 fully saturated rings. The molecule has 0 aliphatic carbocycles. The molecule has 0 radical (unpaired) electrons. The van der Waals surface area contributed by atoms with Gasteiger partial charge in [-0.2, -0.15) is 0 Å². The second-order valence-corrected chi connectivity index (χ2v) is 8.57. The van der Waals surface area contributed by atoms with Crippen molar-refractivity contribution in [2.75, 3.05) is 11.3 Å². The fraction of sp³-hybridized carbons (Fsp3) is 0.167. The van der Waals surface area contributed by atoms with Gasteiger partial charge in [0, 0.05) is 24.2 Å². The number of ether oxygens (including phenoxy) is 1. The number of nitrogens with zero attached hydrogens (tertiary/aromatic N) is 3. The molecule has 1 N–H and O–H groups in total. The summed E-state index contributed by atoms with van der Waals surface area (Å²) in [7, 11) is -2.29. The molecule has 0 aliphatic rings. The second-order valence-electron chi connectivity index (χ2n) is 6.14. The lowest BCUT2D eigenvalue weighted by atomic mass is 10.1. The van der Waals surface area contributed by atoms with Crippen LogP contribution < -0.4 is 15.1 Å². The van der Waals surface area contributed by atoms with Crippen LogP contribution in [-0.4, -0.2) is 37.8 Å². The molecule has 7 nitrogen and oxygen atoms in total. The van der Waals surface area contributed by atoms with Crippen LogP contribution in [0.15, 0.2) is 53.8 Å². The largest absolute Gasteiger partial charge is 0.475 e. The lowest BCUT2D eigenvalue weighted by Gasteiger charge is -2.13. The molecule has 0 saturated heterocycles. The Balaban J connectivity index is 1.73. The Morgan fingerprint density at radius 2 is 1.97 bits per heavy atom. The number of nitrogens with one attached hydrogen (secondary N) is 1. The molecule has 0 amide bonds. The van der Waals surface area contributed by atoms with Crippen LogP contribution in [0.4, 0.5) is 5.82 Å². The second kappa shape index (κ2) is 9.43. The molecule has 2 aromatic heterocycles. The summed E-state index contributed by atoms with van der Waals surface area (Å²) in [5, 5.41) is 0.0667. The number of aryl methyl sites for hydroxylation is 1. The summed E-state index contributed by atoms with van der Waals surface area (Å²) in [4.78, 5) is 12.3. The predicted molar refractivity (Wildman–Crippen MR) is 116 cm³/mol. The van der Waals surface area contributed by atoms with Crippen molar-refractivity contribution >= 4 is 52.5 Å². The molecular formula is C18H17BCl2N4O3S. The number of anilines is 1. The third-order valence-electron chi connectivity index (χ3n) is 3.87. The molecule has 3 rings (SSSR count). The summed E-state index contributed by atoms with van der Waals surface area (Å²) in [6, 6.07) is 8.21. The number of aromatic nitrogens is 3. The fourth-order valence-electron chi connectivity index (χ4n) is 2.49. The van der Waals surface area contributed by atoms with Gasteiger partial charge in [0.1, 0.15) is 4.90 Å². The summed E-state index contributed by atoms with van der Waals surface area (Å²) in [6.07, 6.45) is 6.42. The first-order valence-electron chi connectivity index (χ1n) is 8.69. The number of hydrogen-bond donors (Lipinski definition) is 1. The first kappa shape index (κ1) is 21.4. The number of pyridine rings is 1. The Bertz CT molecular complexity index is 1100. The van der Waals surface area contributed by atoms with Crippen molar-refractivity contribution in [3.05, 3.63) is 64.5 Å². The molecule has 0 unspecified atom stereocenters. The van der Waals surface area contributed by atoms with Crippen molar-refractivity contribution in [3.63, 3.8) is 0 Å². The van der Waals surface area contributed by atoms with E-state index in [0.29, 0.717) is 18.6 Å². The highest BCUT2D eigenvalue weighted by Crippen LogP contribution is 2.31. The van der Waals surface area contributed by atoms with Gasteiger partial charge in [-0.15, -0.1) is 0 Å². The molecule has 0 spiro atoms. The van der Waals surface area contributed by atoms with E-state index in [1.165, 1.54) is 24.4 Å². The fourth-order valence-corrected chi connectivity index (χ4v) is 4.26. The zero-order chi connectivity index (χ0) is 20.9. The van der Waals surface area contributed by atoms with E-state index in [0.717, 1.165) is 12.0 Å². The van der Waals surface area contributed by atoms with E-state index in [-0.39, 0.29) is 26.6 Å². The molecule has 0 atom stereocenters. The minimum atomic E-state index is -4.03. The van der Waals surface area contributed by atoms with E-state index in [9.17, 15) is 8.42 Å². The number of rotatable bonds is 8. The maximum absolute atomic E-state index is 12.7. The van der Waals surface area contributed by atoms with Gasteiger partial charge in [-0.1, -0.05) is 35.3 Å². The van der Waals surface area contributed by atoms with E-state index in [1.54, 1.807) is 20.2 Å². The van der Waals surface area contributed by atoms with E-state index >= 15 is 0 Å². The van der Waals surface area contributed by atoms with E-state index in [1.807, 2.05) is 12.1 Å². The minimum Gasteiger partial charge on any atom is -0.475 e. The zero-order valence-corrected chi connectivity index (χ0v) is 17.8. The molecule has 1 aromatic carbocycles. The van der Waals surface area contributed by atoms with Gasteiger partial charge in [0.2, 0.25) is 5.82 Å². The van der Waals surface area contributed by atoms with Crippen LogP contribution in [0.1, 0.15) is 12.0 Å². The van der Waals surface area contributed by atoms with Gasteiger partial charge in [-0.25, -0.2) is 18.4 Å². The van der Waals surface area contributed by atoms with E-state index in [2.05, 4.69) is 19.7 Å². The van der Waals surface area contributed by atoms with E-state index in [4.69, 9.17) is 27.9 Å². The van der Waals surface area contributed by atoms with Crippen molar-refractivity contribution in [2.24, 2.45) is 0 Å². The Kier molecular flexibility index (Phi) is 6.94. The highest BCUT2D eigenvalue weighted by Gasteiger charge is 2.22. The molecule has 3 aromatic rings. The number of benzene rings is 1. The van der Waals surface area contributed by atoms with Crippen molar-refractivity contribution < 1.29 is 13.2 Å². The smallest absolute Gasteiger partial charge is 0.264 e. The summed E-state index contributed by atoms with van der Waals surface area (Å²) >= 11 is 12.0. The van der Waals surface area contributed by atoms with Gasteiger partial charge in [0.25, 0.3) is 15.9 Å². The number of sulfonamides is 1. The van der Waals surface area contributed by atoms with Gasteiger partial charge < -0.3 is 4.74 Å². The van der Waals surface area contributed by atoms with Gasteiger partial charge in [0.15, 0.2) is 7.85 Å². The first-order chi connectivity index (χ1) is 13.9. The highest BCUT2D eigenvalue weighted by atomic mass is 35.5. The molecule has 0 bridgehead atoms. The molecular weight excluding hydrogens is 434 g/mol. The third kappa shape index (κ3) is 5.59. The van der Waals surface area contributed by atoms with Crippen molar-refractivity contribution in [2.45, 2.75) is 17.7 Å². The van der Waals surface area contributed by atoms with Gasteiger partial charge in [-0.05, 0) is 36.6 Å². The first-order valence-corrected chi connectivity index (χ1v) is 10.9. The SMILES string of the molecule is Bc1cnc(NS(=O)(=O)c2cccc(Cl)c2Cl)c(OCCCc2cccnc2)n1. The normalized spacial score (nSPS) is 11.2. The molecule has 29 heavy (non-hydrogen) atoms. The van der Waals surface area contributed by atoms with Gasteiger partial charge in [-0.3, -0.25) is 9.71 Å². The topological polar surface area (TPSA) is 94.1 Å². The van der Waals surface area contributed by atoms with Crippen molar-refractivity contribution in [1.82, 2.24) is 15.0 Å². The van der Waals surface area contributed by atoms with Crippen molar-refractivity contribution in [3.8, 4) is 5.88 Å². The van der Waals surface area contributed by atoms with Crippen LogP contribution in [-0.2, 0) is 16.4 Å². The van der Waals surface area contributed by atoms with Gasteiger partial charge in [0.05, 0.1) is 16.7 Å². The van der Waals surface area contributed by atoms with Crippen molar-refractivity contribution in [1.29, 1.82) is 0 Å².